The van der Waals surface area contributed by atoms with Crippen LogP contribution >= 0.6 is 23.1 Å². The van der Waals surface area contributed by atoms with Gasteiger partial charge in [-0.15, -0.1) is 11.3 Å². The molecule has 0 fully saturated rings. The Hall–Kier alpha value is -1.24. The number of nitrogens with one attached hydrogen (secondary N) is 1. The number of nitrogens with zero attached hydrogens (tertiary/aromatic N) is 1. The summed E-state index contributed by atoms with van der Waals surface area (Å²) >= 11 is 3.42. The van der Waals surface area contributed by atoms with Crippen LogP contribution in [0.3, 0.4) is 0 Å². The number of hydrogen-bond acceptors (Lipinski definition) is 6. The first-order valence-corrected chi connectivity index (χ1v) is 8.62. The molecule has 1 heterocycles. The van der Waals surface area contributed by atoms with Gasteiger partial charge in [0.25, 0.3) is 0 Å². The number of hydrogen-bond donors (Lipinski definition) is 1. The number of rotatable bonds is 8. The fourth-order valence-corrected chi connectivity index (χ4v) is 3.80. The average Bonchev–Trinajstić information content (AvgIpc) is 3.04. The van der Waals surface area contributed by atoms with Gasteiger partial charge in [-0.1, -0.05) is 18.7 Å². The molecule has 2 rings (SSSR count). The molecule has 1 atom stereocenters. The quantitative estimate of drug-likeness (QED) is 0.752. The van der Waals surface area contributed by atoms with Crippen molar-refractivity contribution in [3.05, 3.63) is 35.3 Å². The molecular formula is C15H20N2O2S2. The van der Waals surface area contributed by atoms with E-state index in [4.69, 9.17) is 9.47 Å². The monoisotopic (exact) mass is 324 g/mol. The fraction of sp³-hybridized carbons (Fsp3) is 0.400. The van der Waals surface area contributed by atoms with Crippen LogP contribution < -0.4 is 14.8 Å². The van der Waals surface area contributed by atoms with Crippen molar-refractivity contribution in [3.8, 4) is 11.5 Å². The van der Waals surface area contributed by atoms with Crippen LogP contribution in [0, 0.1) is 0 Å². The van der Waals surface area contributed by atoms with Gasteiger partial charge in [-0.25, -0.2) is 4.98 Å². The molecule has 114 valence electrons. The number of thiazole rings is 1. The summed E-state index contributed by atoms with van der Waals surface area (Å²) in [5.74, 6) is 2.61. The summed E-state index contributed by atoms with van der Waals surface area (Å²) in [4.78, 5) is 4.32. The molecule has 0 amide bonds. The zero-order chi connectivity index (χ0) is 15.1. The van der Waals surface area contributed by atoms with Gasteiger partial charge in [0.2, 0.25) is 0 Å². The molecule has 1 unspecified atom stereocenters. The summed E-state index contributed by atoms with van der Waals surface area (Å²) in [6.07, 6.45) is 1.83. The number of aromatic nitrogens is 1. The lowest BCUT2D eigenvalue weighted by atomic mass is 10.1. The van der Waals surface area contributed by atoms with Crippen molar-refractivity contribution >= 4 is 23.1 Å². The van der Waals surface area contributed by atoms with Gasteiger partial charge in [-0.3, -0.25) is 0 Å². The van der Waals surface area contributed by atoms with Gasteiger partial charge in [0.05, 0.1) is 14.2 Å². The van der Waals surface area contributed by atoms with Crippen LogP contribution in [0.1, 0.15) is 18.5 Å². The third kappa shape index (κ3) is 4.36. The van der Waals surface area contributed by atoms with Gasteiger partial charge >= 0.3 is 0 Å². The third-order valence-electron chi connectivity index (χ3n) is 3.05. The molecule has 0 spiro atoms. The fourth-order valence-electron chi connectivity index (χ4n) is 2.05. The summed E-state index contributed by atoms with van der Waals surface area (Å²) < 4.78 is 11.9. The molecule has 0 aliphatic rings. The summed E-state index contributed by atoms with van der Waals surface area (Å²) in [6, 6.07) is 6.09. The molecule has 0 radical (unpaired) electrons. The van der Waals surface area contributed by atoms with Gasteiger partial charge in [-0.05, 0) is 24.7 Å². The number of ether oxygens (including phenoxy) is 2. The maximum Gasteiger partial charge on any atom is 0.149 e. The molecule has 1 aromatic heterocycles. The van der Waals surface area contributed by atoms with Gasteiger partial charge in [-0.2, -0.15) is 0 Å². The maximum absolute atomic E-state index is 5.49. The Labute approximate surface area is 133 Å². The first-order valence-electron chi connectivity index (χ1n) is 6.76. The van der Waals surface area contributed by atoms with Crippen molar-refractivity contribution in [2.24, 2.45) is 0 Å². The smallest absolute Gasteiger partial charge is 0.149 e. The average molecular weight is 324 g/mol. The molecule has 0 aliphatic heterocycles. The van der Waals surface area contributed by atoms with Crippen molar-refractivity contribution in [2.45, 2.75) is 17.3 Å². The van der Waals surface area contributed by atoms with E-state index >= 15 is 0 Å². The predicted molar refractivity (Wildman–Crippen MR) is 88.8 cm³/mol. The van der Waals surface area contributed by atoms with Crippen LogP contribution in [0.15, 0.2) is 34.1 Å². The minimum atomic E-state index is 0.189. The Balaban J connectivity index is 2.19. The van der Waals surface area contributed by atoms with Crippen molar-refractivity contribution in [2.75, 3.05) is 26.5 Å². The van der Waals surface area contributed by atoms with E-state index in [2.05, 4.69) is 17.2 Å². The molecule has 2 aromatic rings. The van der Waals surface area contributed by atoms with Gasteiger partial charge in [0.1, 0.15) is 15.8 Å². The molecule has 0 aliphatic carbocycles. The van der Waals surface area contributed by atoms with Crippen molar-refractivity contribution < 1.29 is 9.47 Å². The summed E-state index contributed by atoms with van der Waals surface area (Å²) in [7, 11) is 3.38. The van der Waals surface area contributed by atoms with Crippen molar-refractivity contribution in [1.29, 1.82) is 0 Å². The Bertz CT molecular complexity index is 547. The van der Waals surface area contributed by atoms with E-state index in [0.717, 1.165) is 33.7 Å². The largest absolute Gasteiger partial charge is 0.497 e. The van der Waals surface area contributed by atoms with E-state index < -0.39 is 0 Å². The van der Waals surface area contributed by atoms with E-state index in [1.807, 2.05) is 29.8 Å². The van der Waals surface area contributed by atoms with Crippen LogP contribution in [0.4, 0.5) is 0 Å². The Morgan fingerprint density at radius 2 is 2.19 bits per heavy atom. The Kier molecular flexibility index (Phi) is 6.35. The molecule has 4 nitrogen and oxygen atoms in total. The standard InChI is InChI=1S/C15H20N2O2S2/c1-4-16-13(10-21-15-17-7-8-20-15)12-9-11(18-2)5-6-14(12)19-3/h5-9,13,16H,4,10H2,1-3H3. The topological polar surface area (TPSA) is 43.4 Å². The van der Waals surface area contributed by atoms with E-state index in [1.165, 1.54) is 0 Å². The Morgan fingerprint density at radius 1 is 1.33 bits per heavy atom. The van der Waals surface area contributed by atoms with E-state index in [9.17, 15) is 0 Å². The SMILES string of the molecule is CCNC(CSc1nccs1)c1cc(OC)ccc1OC. The Morgan fingerprint density at radius 3 is 2.81 bits per heavy atom. The lowest BCUT2D eigenvalue weighted by Gasteiger charge is -2.20. The molecule has 0 bridgehead atoms. The molecule has 1 aromatic carbocycles. The summed E-state index contributed by atoms with van der Waals surface area (Å²) in [5, 5.41) is 5.50. The highest BCUT2D eigenvalue weighted by molar-refractivity contribution is 8.01. The van der Waals surface area contributed by atoms with Gasteiger partial charge in [0.15, 0.2) is 0 Å². The van der Waals surface area contributed by atoms with Crippen LogP contribution in [-0.2, 0) is 0 Å². The highest BCUT2D eigenvalue weighted by Crippen LogP contribution is 2.33. The van der Waals surface area contributed by atoms with Gasteiger partial charge < -0.3 is 14.8 Å². The van der Waals surface area contributed by atoms with Crippen LogP contribution in [0.5, 0.6) is 11.5 Å². The van der Waals surface area contributed by atoms with Crippen molar-refractivity contribution in [3.63, 3.8) is 0 Å². The highest BCUT2D eigenvalue weighted by atomic mass is 32.2. The minimum Gasteiger partial charge on any atom is -0.497 e. The third-order valence-corrected chi connectivity index (χ3v) is 5.11. The second kappa shape index (κ2) is 8.26. The summed E-state index contributed by atoms with van der Waals surface area (Å²) in [6.45, 7) is 3.00. The van der Waals surface area contributed by atoms with Crippen LogP contribution in [0.2, 0.25) is 0 Å². The van der Waals surface area contributed by atoms with E-state index in [-0.39, 0.29) is 6.04 Å². The van der Waals surface area contributed by atoms with Crippen LogP contribution in [-0.4, -0.2) is 31.5 Å². The lowest BCUT2D eigenvalue weighted by molar-refractivity contribution is 0.393. The normalized spacial score (nSPS) is 12.1. The first-order chi connectivity index (χ1) is 10.3. The van der Waals surface area contributed by atoms with Crippen LogP contribution in [0.25, 0.3) is 0 Å². The molecule has 1 N–H and O–H groups in total. The molecule has 0 saturated carbocycles. The predicted octanol–water partition coefficient (Wildman–Crippen LogP) is 3.60. The molecular weight excluding hydrogens is 304 g/mol. The summed E-state index contributed by atoms with van der Waals surface area (Å²) in [5.41, 5.74) is 1.11. The molecule has 21 heavy (non-hydrogen) atoms. The van der Waals surface area contributed by atoms with E-state index in [0.29, 0.717) is 0 Å². The number of methoxy groups -OCH3 is 2. The minimum absolute atomic E-state index is 0.189. The van der Waals surface area contributed by atoms with Gasteiger partial charge in [0, 0.05) is 28.9 Å². The highest BCUT2D eigenvalue weighted by Gasteiger charge is 2.17. The second-order valence-corrected chi connectivity index (χ2v) is 6.49. The zero-order valence-electron chi connectivity index (χ0n) is 12.5. The number of benzene rings is 1. The zero-order valence-corrected chi connectivity index (χ0v) is 14.1. The number of thioether (sulfide) groups is 1. The first kappa shape index (κ1) is 16.1. The maximum atomic E-state index is 5.49. The van der Waals surface area contributed by atoms with E-state index in [1.54, 1.807) is 37.3 Å². The van der Waals surface area contributed by atoms with Crippen molar-refractivity contribution in [1.82, 2.24) is 10.3 Å². The second-order valence-electron chi connectivity index (χ2n) is 4.33. The lowest BCUT2D eigenvalue weighted by Crippen LogP contribution is -2.23. The molecule has 0 saturated heterocycles. The molecule has 6 heteroatoms.